The summed E-state index contributed by atoms with van der Waals surface area (Å²) < 4.78 is 16.8. The van der Waals surface area contributed by atoms with Gasteiger partial charge in [0.2, 0.25) is 0 Å². The zero-order valence-electron chi connectivity index (χ0n) is 43.4. The lowest BCUT2D eigenvalue weighted by molar-refractivity contribution is -0.167. The quantitative estimate of drug-likeness (QED) is 0.0262. The first-order valence-electron chi connectivity index (χ1n) is 27.9. The van der Waals surface area contributed by atoms with Crippen LogP contribution in [0.25, 0.3) is 0 Å². The molecule has 66 heavy (non-hydrogen) atoms. The Labute approximate surface area is 408 Å². The first kappa shape index (κ1) is 62.8. The third-order valence-electron chi connectivity index (χ3n) is 11.9. The molecule has 0 saturated carbocycles. The van der Waals surface area contributed by atoms with Crippen LogP contribution in [0.15, 0.2) is 72.9 Å². The van der Waals surface area contributed by atoms with E-state index in [4.69, 9.17) is 14.2 Å². The zero-order chi connectivity index (χ0) is 47.9. The second-order valence-electron chi connectivity index (χ2n) is 18.5. The minimum atomic E-state index is -0.798. The van der Waals surface area contributed by atoms with Crippen molar-refractivity contribution in [2.75, 3.05) is 13.2 Å². The van der Waals surface area contributed by atoms with Crippen LogP contribution in [-0.4, -0.2) is 37.2 Å². The fourth-order valence-corrected chi connectivity index (χ4v) is 7.69. The first-order chi connectivity index (χ1) is 32.5. The highest BCUT2D eigenvalue weighted by atomic mass is 16.6. The molecule has 0 aromatic heterocycles. The number of carbonyl (C=O) groups is 3. The average Bonchev–Trinajstić information content (AvgIpc) is 3.31. The normalized spacial score (nSPS) is 12.6. The fraction of sp³-hybridized carbons (Fsp3) is 0.750. The van der Waals surface area contributed by atoms with E-state index in [0.29, 0.717) is 19.3 Å². The van der Waals surface area contributed by atoms with Crippen LogP contribution in [0.1, 0.15) is 271 Å². The van der Waals surface area contributed by atoms with Gasteiger partial charge in [-0.3, -0.25) is 14.4 Å². The molecular weight excluding hydrogens is 817 g/mol. The third kappa shape index (κ3) is 51.8. The standard InChI is InChI=1S/C60H104O6/c1-4-7-10-13-16-19-22-25-28-30-33-35-38-41-44-47-50-53-59(62)65-56-57(55-64-58(61)52-49-46-43-40-37-34-31-27-24-21-18-15-12-9-6-3)66-60(63)54-51-48-45-42-39-36-32-29-26-23-20-17-14-11-8-5-2/h16,18-19,21,25,27-28,31,33,35,37,40,57H,4-15,17,20,22-24,26,29-30,32,34,36,38-39,41-56H2,1-3H3/b19-16-,21-18-,28-25-,31-27-,35-33-,40-37-/t57-/m1/s1. The van der Waals surface area contributed by atoms with Gasteiger partial charge in [0.05, 0.1) is 0 Å². The van der Waals surface area contributed by atoms with E-state index in [0.717, 1.165) is 96.3 Å². The van der Waals surface area contributed by atoms with E-state index in [1.54, 1.807) is 0 Å². The lowest BCUT2D eigenvalue weighted by Crippen LogP contribution is -2.30. The summed E-state index contributed by atoms with van der Waals surface area (Å²) in [6, 6.07) is 0. The van der Waals surface area contributed by atoms with Gasteiger partial charge in [0, 0.05) is 19.3 Å². The van der Waals surface area contributed by atoms with Crippen molar-refractivity contribution in [3.63, 3.8) is 0 Å². The SMILES string of the molecule is CCCCC/C=C\C/C=C\C/C=C\CCCCCCC(=O)OC[C@@H](COC(=O)CCCC/C=C\C/C=C\C/C=C\CCCCC)OC(=O)CCCCCCCCCCCCCCCCCC. The number of esters is 3. The minimum Gasteiger partial charge on any atom is -0.462 e. The van der Waals surface area contributed by atoms with Crippen molar-refractivity contribution in [1.82, 2.24) is 0 Å². The van der Waals surface area contributed by atoms with E-state index < -0.39 is 6.10 Å². The van der Waals surface area contributed by atoms with Gasteiger partial charge in [0.1, 0.15) is 13.2 Å². The minimum absolute atomic E-state index is 0.0974. The lowest BCUT2D eigenvalue weighted by Gasteiger charge is -2.18. The van der Waals surface area contributed by atoms with Crippen molar-refractivity contribution in [3.05, 3.63) is 72.9 Å². The maximum Gasteiger partial charge on any atom is 0.306 e. The van der Waals surface area contributed by atoms with Gasteiger partial charge in [0.25, 0.3) is 0 Å². The Hall–Kier alpha value is -3.15. The Morgan fingerprint density at radius 1 is 0.303 bits per heavy atom. The number of carbonyl (C=O) groups excluding carboxylic acids is 3. The molecule has 6 heteroatoms. The van der Waals surface area contributed by atoms with Crippen molar-refractivity contribution >= 4 is 17.9 Å². The molecule has 0 N–H and O–H groups in total. The number of hydrogen-bond acceptors (Lipinski definition) is 6. The fourth-order valence-electron chi connectivity index (χ4n) is 7.69. The summed E-state index contributed by atoms with van der Waals surface area (Å²) in [4.78, 5) is 38.1. The average molecular weight is 921 g/mol. The second kappa shape index (κ2) is 54.5. The molecule has 0 aromatic rings. The molecule has 0 radical (unpaired) electrons. The molecule has 0 aliphatic heterocycles. The van der Waals surface area contributed by atoms with Crippen LogP contribution in [0, 0.1) is 0 Å². The number of hydrogen-bond donors (Lipinski definition) is 0. The highest BCUT2D eigenvalue weighted by molar-refractivity contribution is 5.71. The lowest BCUT2D eigenvalue weighted by atomic mass is 10.0. The molecule has 0 spiro atoms. The number of unbranched alkanes of at least 4 members (excludes halogenated alkanes) is 27. The zero-order valence-corrected chi connectivity index (χ0v) is 43.4. The van der Waals surface area contributed by atoms with E-state index >= 15 is 0 Å². The van der Waals surface area contributed by atoms with E-state index in [9.17, 15) is 14.4 Å². The van der Waals surface area contributed by atoms with E-state index in [2.05, 4.69) is 93.7 Å². The molecule has 0 aliphatic carbocycles. The summed E-state index contributed by atoms with van der Waals surface area (Å²) in [6.45, 7) is 6.55. The summed E-state index contributed by atoms with van der Waals surface area (Å²) >= 11 is 0. The Kier molecular flexibility index (Phi) is 51.9. The molecule has 0 aliphatic rings. The summed E-state index contributed by atoms with van der Waals surface area (Å²) in [7, 11) is 0. The van der Waals surface area contributed by atoms with Crippen LogP contribution in [0.4, 0.5) is 0 Å². The van der Waals surface area contributed by atoms with Crippen LogP contribution in [-0.2, 0) is 28.6 Å². The molecule has 380 valence electrons. The van der Waals surface area contributed by atoms with Gasteiger partial charge in [-0.15, -0.1) is 0 Å². The van der Waals surface area contributed by atoms with Crippen molar-refractivity contribution in [2.45, 2.75) is 277 Å². The summed E-state index contributed by atoms with van der Waals surface area (Å²) in [5.41, 5.74) is 0. The maximum atomic E-state index is 12.8. The molecule has 0 fully saturated rings. The van der Waals surface area contributed by atoms with E-state index in [-0.39, 0.29) is 31.1 Å². The molecule has 0 rings (SSSR count). The van der Waals surface area contributed by atoms with E-state index in [1.165, 1.54) is 135 Å². The highest BCUT2D eigenvalue weighted by Gasteiger charge is 2.19. The van der Waals surface area contributed by atoms with Crippen LogP contribution >= 0.6 is 0 Å². The third-order valence-corrected chi connectivity index (χ3v) is 11.9. The predicted octanol–water partition coefficient (Wildman–Crippen LogP) is 18.6. The van der Waals surface area contributed by atoms with Gasteiger partial charge in [-0.25, -0.2) is 0 Å². The van der Waals surface area contributed by atoms with Crippen LogP contribution in [0.5, 0.6) is 0 Å². The van der Waals surface area contributed by atoms with Gasteiger partial charge in [-0.2, -0.15) is 0 Å². The topological polar surface area (TPSA) is 78.9 Å². The van der Waals surface area contributed by atoms with Crippen molar-refractivity contribution in [3.8, 4) is 0 Å². The largest absolute Gasteiger partial charge is 0.462 e. The molecule has 0 bridgehead atoms. The number of allylic oxidation sites excluding steroid dienone is 12. The molecule has 0 heterocycles. The smallest absolute Gasteiger partial charge is 0.306 e. The van der Waals surface area contributed by atoms with Crippen molar-refractivity contribution in [1.29, 1.82) is 0 Å². The van der Waals surface area contributed by atoms with Crippen LogP contribution in [0.3, 0.4) is 0 Å². The summed E-state index contributed by atoms with van der Waals surface area (Å²) in [5, 5.41) is 0. The van der Waals surface area contributed by atoms with Gasteiger partial charge >= 0.3 is 17.9 Å². The molecule has 6 nitrogen and oxygen atoms in total. The van der Waals surface area contributed by atoms with Gasteiger partial charge in [-0.05, 0) is 96.3 Å². The Balaban J connectivity index is 4.46. The summed E-state index contributed by atoms with van der Waals surface area (Å²) in [5.74, 6) is -0.948. The number of rotatable bonds is 50. The number of ether oxygens (including phenoxy) is 3. The Morgan fingerprint density at radius 3 is 0.909 bits per heavy atom. The molecule has 0 unspecified atom stereocenters. The van der Waals surface area contributed by atoms with E-state index in [1.807, 2.05) is 0 Å². The molecule has 0 amide bonds. The highest BCUT2D eigenvalue weighted by Crippen LogP contribution is 2.15. The predicted molar refractivity (Wildman–Crippen MR) is 284 cm³/mol. The molecule has 0 aromatic carbocycles. The Bertz CT molecular complexity index is 1240. The van der Waals surface area contributed by atoms with Crippen LogP contribution < -0.4 is 0 Å². The Morgan fingerprint density at radius 2 is 0.545 bits per heavy atom. The van der Waals surface area contributed by atoms with Crippen LogP contribution in [0.2, 0.25) is 0 Å². The second-order valence-corrected chi connectivity index (χ2v) is 18.5. The first-order valence-corrected chi connectivity index (χ1v) is 27.9. The molecule has 1 atom stereocenters. The van der Waals surface area contributed by atoms with Gasteiger partial charge in [-0.1, -0.05) is 229 Å². The molecular formula is C60H104O6. The molecule has 0 saturated heterocycles. The van der Waals surface area contributed by atoms with Crippen molar-refractivity contribution < 1.29 is 28.6 Å². The van der Waals surface area contributed by atoms with Gasteiger partial charge in [0.15, 0.2) is 6.10 Å². The monoisotopic (exact) mass is 921 g/mol. The van der Waals surface area contributed by atoms with Crippen molar-refractivity contribution in [2.24, 2.45) is 0 Å². The van der Waals surface area contributed by atoms with Gasteiger partial charge < -0.3 is 14.2 Å². The maximum absolute atomic E-state index is 12.8. The summed E-state index contributed by atoms with van der Waals surface area (Å²) in [6.07, 6.45) is 68.8.